The molecule has 17 heavy (non-hydrogen) atoms. The SMILES string of the molecule is CN(CC1CCCCO1)C(C)(CN)C1(C)CC1. The molecule has 1 aliphatic heterocycles. The van der Waals surface area contributed by atoms with Gasteiger partial charge in [-0.2, -0.15) is 0 Å². The molecule has 0 aromatic heterocycles. The fourth-order valence-corrected chi connectivity index (χ4v) is 3.05. The van der Waals surface area contributed by atoms with E-state index in [9.17, 15) is 0 Å². The molecule has 2 unspecified atom stereocenters. The standard InChI is InChI=1S/C14H28N2O/c1-13(7-8-13)14(2,11-15)16(3)10-12-6-4-5-9-17-12/h12H,4-11,15H2,1-3H3. The van der Waals surface area contributed by atoms with Gasteiger partial charge >= 0.3 is 0 Å². The summed E-state index contributed by atoms with van der Waals surface area (Å²) in [5.41, 5.74) is 6.61. The molecule has 1 saturated heterocycles. The van der Waals surface area contributed by atoms with Crippen molar-refractivity contribution < 1.29 is 4.74 Å². The molecule has 3 heteroatoms. The van der Waals surface area contributed by atoms with E-state index in [0.717, 1.165) is 19.7 Å². The minimum Gasteiger partial charge on any atom is -0.377 e. The van der Waals surface area contributed by atoms with Crippen LogP contribution in [0.15, 0.2) is 0 Å². The third-order valence-electron chi connectivity index (χ3n) is 5.29. The van der Waals surface area contributed by atoms with E-state index in [1.54, 1.807) is 0 Å². The molecule has 0 aromatic carbocycles. The maximum atomic E-state index is 6.06. The summed E-state index contributed by atoms with van der Waals surface area (Å²) >= 11 is 0. The molecular formula is C14H28N2O. The Morgan fingerprint density at radius 2 is 2.12 bits per heavy atom. The van der Waals surface area contributed by atoms with Crippen LogP contribution in [0, 0.1) is 5.41 Å². The molecule has 3 nitrogen and oxygen atoms in total. The van der Waals surface area contributed by atoms with E-state index in [-0.39, 0.29) is 5.54 Å². The number of nitrogens with zero attached hydrogens (tertiary/aromatic N) is 1. The first-order valence-corrected chi connectivity index (χ1v) is 7.05. The van der Waals surface area contributed by atoms with Crippen LogP contribution in [0.1, 0.15) is 46.0 Å². The van der Waals surface area contributed by atoms with Crippen molar-refractivity contribution in [1.82, 2.24) is 4.90 Å². The van der Waals surface area contributed by atoms with Crippen LogP contribution in [-0.4, -0.2) is 43.3 Å². The van der Waals surface area contributed by atoms with Gasteiger partial charge in [-0.15, -0.1) is 0 Å². The second-order valence-electron chi connectivity index (χ2n) is 6.41. The van der Waals surface area contributed by atoms with E-state index in [4.69, 9.17) is 10.5 Å². The summed E-state index contributed by atoms with van der Waals surface area (Å²) in [5, 5.41) is 0. The second kappa shape index (κ2) is 4.87. The minimum atomic E-state index is 0.133. The molecule has 0 spiro atoms. The van der Waals surface area contributed by atoms with Crippen molar-refractivity contribution >= 4 is 0 Å². The van der Waals surface area contributed by atoms with Crippen LogP contribution in [0.3, 0.4) is 0 Å². The van der Waals surface area contributed by atoms with Crippen LogP contribution in [0.4, 0.5) is 0 Å². The minimum absolute atomic E-state index is 0.133. The molecule has 0 amide bonds. The first-order valence-electron chi connectivity index (χ1n) is 7.05. The maximum absolute atomic E-state index is 6.06. The van der Waals surface area contributed by atoms with Crippen molar-refractivity contribution in [3.63, 3.8) is 0 Å². The van der Waals surface area contributed by atoms with Gasteiger partial charge in [0.25, 0.3) is 0 Å². The number of nitrogens with two attached hydrogens (primary N) is 1. The highest BCUT2D eigenvalue weighted by Gasteiger charge is 2.54. The number of ether oxygens (including phenoxy) is 1. The molecule has 2 fully saturated rings. The lowest BCUT2D eigenvalue weighted by molar-refractivity contribution is -0.0325. The third-order valence-corrected chi connectivity index (χ3v) is 5.29. The predicted molar refractivity (Wildman–Crippen MR) is 71.0 cm³/mol. The van der Waals surface area contributed by atoms with Gasteiger partial charge in [-0.05, 0) is 51.5 Å². The largest absolute Gasteiger partial charge is 0.377 e. The van der Waals surface area contributed by atoms with Crippen molar-refractivity contribution in [2.75, 3.05) is 26.7 Å². The first-order chi connectivity index (χ1) is 8.02. The summed E-state index contributed by atoms with van der Waals surface area (Å²) in [6.45, 7) is 7.41. The fourth-order valence-electron chi connectivity index (χ4n) is 3.05. The summed E-state index contributed by atoms with van der Waals surface area (Å²) in [7, 11) is 2.22. The Morgan fingerprint density at radius 1 is 1.41 bits per heavy atom. The maximum Gasteiger partial charge on any atom is 0.0702 e. The smallest absolute Gasteiger partial charge is 0.0702 e. The summed E-state index contributed by atoms with van der Waals surface area (Å²) in [6, 6.07) is 0. The van der Waals surface area contributed by atoms with Gasteiger partial charge < -0.3 is 10.5 Å². The third kappa shape index (κ3) is 2.51. The monoisotopic (exact) mass is 240 g/mol. The lowest BCUT2D eigenvalue weighted by Crippen LogP contribution is -2.57. The van der Waals surface area contributed by atoms with E-state index in [1.807, 2.05) is 0 Å². The summed E-state index contributed by atoms with van der Waals surface area (Å²) in [5.74, 6) is 0. The van der Waals surface area contributed by atoms with E-state index >= 15 is 0 Å². The molecule has 0 aromatic rings. The van der Waals surface area contributed by atoms with Crippen molar-refractivity contribution in [1.29, 1.82) is 0 Å². The Morgan fingerprint density at radius 3 is 2.59 bits per heavy atom. The Bertz CT molecular complexity index is 259. The quantitative estimate of drug-likeness (QED) is 0.799. The number of hydrogen-bond donors (Lipinski definition) is 1. The van der Waals surface area contributed by atoms with Gasteiger partial charge in [-0.25, -0.2) is 0 Å². The zero-order chi connectivity index (χ0) is 12.5. The Balaban J connectivity index is 1.94. The summed E-state index contributed by atoms with van der Waals surface area (Å²) < 4.78 is 5.84. The fraction of sp³-hybridized carbons (Fsp3) is 1.00. The van der Waals surface area contributed by atoms with Crippen LogP contribution in [0.5, 0.6) is 0 Å². The lowest BCUT2D eigenvalue weighted by atomic mass is 9.82. The topological polar surface area (TPSA) is 38.5 Å². The molecule has 1 aliphatic carbocycles. The highest BCUT2D eigenvalue weighted by Crippen LogP contribution is 2.55. The van der Waals surface area contributed by atoms with Gasteiger partial charge in [0.05, 0.1) is 6.10 Å². The number of likely N-dealkylation sites (N-methyl/N-ethyl adjacent to an activating group) is 1. The van der Waals surface area contributed by atoms with E-state index in [1.165, 1.54) is 32.1 Å². The molecule has 2 atom stereocenters. The molecule has 2 aliphatic rings. The van der Waals surface area contributed by atoms with Crippen molar-refractivity contribution in [2.24, 2.45) is 11.1 Å². The average Bonchev–Trinajstić information content (AvgIpc) is 3.09. The lowest BCUT2D eigenvalue weighted by Gasteiger charge is -2.45. The van der Waals surface area contributed by atoms with Gasteiger partial charge in [-0.3, -0.25) is 4.90 Å². The average molecular weight is 240 g/mol. The van der Waals surface area contributed by atoms with E-state index < -0.39 is 0 Å². The summed E-state index contributed by atoms with van der Waals surface area (Å²) in [6.07, 6.45) is 6.80. The molecule has 1 saturated carbocycles. The molecule has 0 radical (unpaired) electrons. The predicted octanol–water partition coefficient (Wildman–Crippen LogP) is 2.00. The highest BCUT2D eigenvalue weighted by atomic mass is 16.5. The summed E-state index contributed by atoms with van der Waals surface area (Å²) in [4.78, 5) is 2.45. The Hall–Kier alpha value is -0.120. The highest BCUT2D eigenvalue weighted by molar-refractivity contribution is 5.09. The zero-order valence-electron chi connectivity index (χ0n) is 11.7. The normalized spacial score (nSPS) is 31.2. The number of rotatable bonds is 5. The zero-order valence-corrected chi connectivity index (χ0v) is 11.7. The Labute approximate surface area is 106 Å². The van der Waals surface area contributed by atoms with Gasteiger partial charge in [0, 0.05) is 25.2 Å². The van der Waals surface area contributed by atoms with E-state index in [0.29, 0.717) is 11.5 Å². The van der Waals surface area contributed by atoms with Crippen molar-refractivity contribution in [3.05, 3.63) is 0 Å². The molecule has 0 bridgehead atoms. The van der Waals surface area contributed by atoms with E-state index in [2.05, 4.69) is 25.8 Å². The van der Waals surface area contributed by atoms with Crippen molar-refractivity contribution in [3.8, 4) is 0 Å². The van der Waals surface area contributed by atoms with Gasteiger partial charge in [0.15, 0.2) is 0 Å². The van der Waals surface area contributed by atoms with Crippen LogP contribution < -0.4 is 5.73 Å². The number of hydrogen-bond acceptors (Lipinski definition) is 3. The van der Waals surface area contributed by atoms with Crippen molar-refractivity contribution in [2.45, 2.75) is 57.6 Å². The van der Waals surface area contributed by atoms with Gasteiger partial charge in [0.1, 0.15) is 0 Å². The first kappa shape index (κ1) is 13.3. The van der Waals surface area contributed by atoms with Crippen LogP contribution in [0.25, 0.3) is 0 Å². The van der Waals surface area contributed by atoms with Crippen LogP contribution in [0.2, 0.25) is 0 Å². The molecule has 100 valence electrons. The molecular weight excluding hydrogens is 212 g/mol. The van der Waals surface area contributed by atoms with Gasteiger partial charge in [0.2, 0.25) is 0 Å². The second-order valence-corrected chi connectivity index (χ2v) is 6.41. The Kier molecular flexibility index (Phi) is 3.81. The molecule has 1 heterocycles. The van der Waals surface area contributed by atoms with Crippen LogP contribution in [-0.2, 0) is 4.74 Å². The molecule has 2 N–H and O–H groups in total. The van der Waals surface area contributed by atoms with Crippen LogP contribution >= 0.6 is 0 Å². The molecule has 2 rings (SSSR count). The van der Waals surface area contributed by atoms with Gasteiger partial charge in [-0.1, -0.05) is 6.92 Å².